The van der Waals surface area contributed by atoms with Crippen LogP contribution in [0.1, 0.15) is 28.9 Å². The van der Waals surface area contributed by atoms with Gasteiger partial charge in [-0.05, 0) is 73.2 Å². The molecule has 0 spiro atoms. The van der Waals surface area contributed by atoms with Crippen LogP contribution in [-0.2, 0) is 4.79 Å². The molecule has 0 saturated carbocycles. The summed E-state index contributed by atoms with van der Waals surface area (Å²) in [7, 11) is 0. The molecule has 0 unspecified atom stereocenters. The number of hydrogen-bond acceptors (Lipinski definition) is 4. The predicted octanol–water partition coefficient (Wildman–Crippen LogP) is 5.09. The lowest BCUT2D eigenvalue weighted by Gasteiger charge is -2.46. The first-order chi connectivity index (χ1) is 14.6. The fraction of sp³-hybridized carbons (Fsp3) is 0.167. The summed E-state index contributed by atoms with van der Waals surface area (Å²) in [5.74, 6) is 1.14. The highest BCUT2D eigenvalue weighted by Gasteiger charge is 2.51. The number of rotatable bonds is 7. The molecule has 0 aromatic heterocycles. The van der Waals surface area contributed by atoms with Gasteiger partial charge in [-0.2, -0.15) is 0 Å². The third-order valence-electron chi connectivity index (χ3n) is 4.96. The fourth-order valence-corrected chi connectivity index (χ4v) is 3.62. The van der Waals surface area contributed by atoms with Crippen LogP contribution in [0.25, 0.3) is 0 Å². The number of carbonyl (C=O) groups excluding carboxylic acids is 2. The largest absolute Gasteiger partial charge is 0.494 e. The molecule has 1 saturated heterocycles. The second-order valence-electron chi connectivity index (χ2n) is 6.86. The van der Waals surface area contributed by atoms with Gasteiger partial charge in [0.2, 0.25) is 6.10 Å². The number of ether oxygens (including phenoxy) is 2. The molecule has 1 fully saturated rings. The molecular formula is C24H20ClNO4. The van der Waals surface area contributed by atoms with Crippen molar-refractivity contribution < 1.29 is 19.1 Å². The predicted molar refractivity (Wildman–Crippen MR) is 116 cm³/mol. The second kappa shape index (κ2) is 8.59. The van der Waals surface area contributed by atoms with Crippen LogP contribution in [0.4, 0.5) is 5.69 Å². The van der Waals surface area contributed by atoms with E-state index in [1.807, 2.05) is 43.3 Å². The second-order valence-corrected chi connectivity index (χ2v) is 7.29. The molecular weight excluding hydrogens is 402 g/mol. The average Bonchev–Trinajstić information content (AvgIpc) is 2.78. The number of halogens is 1. The molecule has 1 heterocycles. The van der Waals surface area contributed by atoms with E-state index in [0.29, 0.717) is 22.9 Å². The average molecular weight is 422 g/mol. The molecule has 5 nitrogen and oxygen atoms in total. The van der Waals surface area contributed by atoms with Gasteiger partial charge in [-0.1, -0.05) is 23.7 Å². The van der Waals surface area contributed by atoms with Gasteiger partial charge in [-0.25, -0.2) is 0 Å². The van der Waals surface area contributed by atoms with Crippen LogP contribution in [0.3, 0.4) is 0 Å². The third kappa shape index (κ3) is 3.89. The summed E-state index contributed by atoms with van der Waals surface area (Å²) < 4.78 is 11.5. The number of anilines is 1. The number of hydrogen-bond donors (Lipinski definition) is 0. The highest BCUT2D eigenvalue weighted by molar-refractivity contribution is 6.30. The minimum atomic E-state index is -0.681. The van der Waals surface area contributed by atoms with Crippen LogP contribution >= 0.6 is 11.6 Å². The lowest BCUT2D eigenvalue weighted by atomic mass is 9.89. The van der Waals surface area contributed by atoms with Crippen LogP contribution in [0.2, 0.25) is 5.02 Å². The maximum Gasteiger partial charge on any atom is 0.271 e. The molecule has 3 aromatic carbocycles. The Labute approximate surface area is 179 Å². The van der Waals surface area contributed by atoms with E-state index in [1.54, 1.807) is 41.3 Å². The number of β-lactam (4-membered cyclic amide) rings is 1. The van der Waals surface area contributed by atoms with Crippen molar-refractivity contribution in [2.24, 2.45) is 0 Å². The molecule has 1 aliphatic heterocycles. The molecule has 6 heteroatoms. The maximum atomic E-state index is 13.0. The Morgan fingerprint density at radius 2 is 1.57 bits per heavy atom. The third-order valence-corrected chi connectivity index (χ3v) is 5.21. The molecule has 2 atom stereocenters. The molecule has 0 aliphatic carbocycles. The first kappa shape index (κ1) is 20.0. The topological polar surface area (TPSA) is 55.8 Å². The van der Waals surface area contributed by atoms with Crippen molar-refractivity contribution in [1.82, 2.24) is 0 Å². The van der Waals surface area contributed by atoms with Crippen molar-refractivity contribution in [3.05, 3.63) is 88.9 Å². The van der Waals surface area contributed by atoms with Gasteiger partial charge in [-0.3, -0.25) is 14.5 Å². The summed E-state index contributed by atoms with van der Waals surface area (Å²) >= 11 is 6.05. The van der Waals surface area contributed by atoms with Gasteiger partial charge >= 0.3 is 0 Å². The maximum absolute atomic E-state index is 13.0. The van der Waals surface area contributed by atoms with Crippen LogP contribution in [0.15, 0.2) is 72.8 Å². The standard InChI is InChI=1S/C24H20ClNO4/c1-2-29-20-13-9-19(10-14-20)26-22(17-5-7-18(25)8-6-17)23(24(26)28)30-21-11-3-16(15-27)4-12-21/h3-15,22-23H,2H2,1H3/t22-,23+/m0/s1. The molecule has 0 radical (unpaired) electrons. The van der Waals surface area contributed by atoms with Crippen molar-refractivity contribution in [2.45, 2.75) is 19.1 Å². The smallest absolute Gasteiger partial charge is 0.271 e. The number of nitrogens with zero attached hydrogens (tertiary/aromatic N) is 1. The van der Waals surface area contributed by atoms with E-state index in [2.05, 4.69) is 0 Å². The van der Waals surface area contributed by atoms with Crippen molar-refractivity contribution >= 4 is 29.5 Å². The van der Waals surface area contributed by atoms with Crippen molar-refractivity contribution in [3.63, 3.8) is 0 Å². The number of carbonyl (C=O) groups is 2. The van der Waals surface area contributed by atoms with E-state index in [4.69, 9.17) is 21.1 Å². The van der Waals surface area contributed by atoms with E-state index in [0.717, 1.165) is 23.3 Å². The summed E-state index contributed by atoms with van der Waals surface area (Å²) in [4.78, 5) is 25.6. The lowest BCUT2D eigenvalue weighted by Crippen LogP contribution is -2.61. The molecule has 4 rings (SSSR count). The van der Waals surface area contributed by atoms with E-state index >= 15 is 0 Å². The highest BCUT2D eigenvalue weighted by Crippen LogP contribution is 2.42. The molecule has 3 aromatic rings. The highest BCUT2D eigenvalue weighted by atomic mass is 35.5. The van der Waals surface area contributed by atoms with E-state index in [9.17, 15) is 9.59 Å². The van der Waals surface area contributed by atoms with Gasteiger partial charge in [0.15, 0.2) is 0 Å². The van der Waals surface area contributed by atoms with Gasteiger partial charge in [0.05, 0.1) is 6.61 Å². The monoisotopic (exact) mass is 421 g/mol. The molecule has 30 heavy (non-hydrogen) atoms. The Bertz CT molecular complexity index is 1030. The molecule has 152 valence electrons. The summed E-state index contributed by atoms with van der Waals surface area (Å²) in [5, 5.41) is 0.624. The lowest BCUT2D eigenvalue weighted by molar-refractivity contribution is -0.135. The van der Waals surface area contributed by atoms with Crippen LogP contribution < -0.4 is 14.4 Å². The normalized spacial score (nSPS) is 17.9. The zero-order valence-corrected chi connectivity index (χ0v) is 17.1. The van der Waals surface area contributed by atoms with E-state index < -0.39 is 6.10 Å². The number of aldehydes is 1. The van der Waals surface area contributed by atoms with Crippen molar-refractivity contribution in [1.29, 1.82) is 0 Å². The quantitative estimate of drug-likeness (QED) is 0.394. The van der Waals surface area contributed by atoms with E-state index in [1.165, 1.54) is 0 Å². The number of amides is 1. The molecule has 1 aliphatic rings. The minimum Gasteiger partial charge on any atom is -0.494 e. The van der Waals surface area contributed by atoms with Crippen molar-refractivity contribution in [2.75, 3.05) is 11.5 Å². The summed E-state index contributed by atoms with van der Waals surface area (Å²) in [6.07, 6.45) is 0.0856. The number of benzene rings is 3. The van der Waals surface area contributed by atoms with Crippen LogP contribution in [0, 0.1) is 0 Å². The van der Waals surface area contributed by atoms with Crippen molar-refractivity contribution in [3.8, 4) is 11.5 Å². The van der Waals surface area contributed by atoms with Gasteiger partial charge < -0.3 is 9.47 Å². The van der Waals surface area contributed by atoms with Gasteiger partial charge in [0.25, 0.3) is 5.91 Å². The molecule has 1 amide bonds. The first-order valence-electron chi connectivity index (χ1n) is 9.64. The van der Waals surface area contributed by atoms with Crippen LogP contribution in [-0.4, -0.2) is 24.9 Å². The Kier molecular flexibility index (Phi) is 5.72. The summed E-state index contributed by atoms with van der Waals surface area (Å²) in [6, 6.07) is 21.2. The first-order valence-corrected chi connectivity index (χ1v) is 10.0. The van der Waals surface area contributed by atoms with Gasteiger partial charge in [0, 0.05) is 16.3 Å². The zero-order chi connectivity index (χ0) is 21.1. The minimum absolute atomic E-state index is 0.140. The van der Waals surface area contributed by atoms with Gasteiger partial charge in [0.1, 0.15) is 23.8 Å². The summed E-state index contributed by atoms with van der Waals surface area (Å²) in [5.41, 5.74) is 2.23. The Morgan fingerprint density at radius 3 is 2.17 bits per heavy atom. The zero-order valence-electron chi connectivity index (χ0n) is 16.3. The summed E-state index contributed by atoms with van der Waals surface area (Å²) in [6.45, 7) is 2.50. The Balaban J connectivity index is 1.63. The molecule has 0 bridgehead atoms. The van der Waals surface area contributed by atoms with Crippen LogP contribution in [0.5, 0.6) is 11.5 Å². The fourth-order valence-electron chi connectivity index (χ4n) is 3.49. The van der Waals surface area contributed by atoms with Gasteiger partial charge in [-0.15, -0.1) is 0 Å². The molecule has 0 N–H and O–H groups in total. The Morgan fingerprint density at radius 1 is 0.933 bits per heavy atom. The SMILES string of the molecule is CCOc1ccc(N2C(=O)[C@H](Oc3ccc(C=O)cc3)[C@@H]2c2ccc(Cl)cc2)cc1. The Hall–Kier alpha value is -3.31. The van der Waals surface area contributed by atoms with E-state index in [-0.39, 0.29) is 11.9 Å².